The summed E-state index contributed by atoms with van der Waals surface area (Å²) in [5.41, 5.74) is 5.77. The van der Waals surface area contributed by atoms with E-state index in [1.165, 1.54) is 13.0 Å². The molecule has 1 amide bonds. The maximum atomic E-state index is 14.2. The lowest BCUT2D eigenvalue weighted by Crippen LogP contribution is -2.48. The molecule has 0 radical (unpaired) electrons. The van der Waals surface area contributed by atoms with Gasteiger partial charge in [-0.2, -0.15) is 0 Å². The second kappa shape index (κ2) is 8.59. The minimum absolute atomic E-state index is 0.0258. The van der Waals surface area contributed by atoms with Gasteiger partial charge in [-0.15, -0.1) is 0 Å². The summed E-state index contributed by atoms with van der Waals surface area (Å²) in [6.45, 7) is 4.12. The van der Waals surface area contributed by atoms with Gasteiger partial charge in [0.25, 0.3) is 0 Å². The number of nitrogens with two attached hydrogens (primary N) is 1. The van der Waals surface area contributed by atoms with Crippen LogP contribution in [-0.4, -0.2) is 69.2 Å². The molecule has 0 saturated carbocycles. The first-order valence-corrected chi connectivity index (χ1v) is 10.3. The third-order valence-corrected chi connectivity index (χ3v) is 6.08. The number of hydrogen-bond donors (Lipinski definition) is 1. The van der Waals surface area contributed by atoms with Crippen molar-refractivity contribution in [3.05, 3.63) is 29.6 Å². The largest absolute Gasteiger partial charge is 0.370 e. The van der Waals surface area contributed by atoms with Crippen molar-refractivity contribution in [2.45, 2.75) is 13.3 Å². The fourth-order valence-corrected chi connectivity index (χ4v) is 4.07. The topological polar surface area (TPSA) is 101 Å². The smallest absolute Gasteiger partial charge is 0.218 e. The lowest BCUT2D eigenvalue weighted by molar-refractivity contribution is -0.117. The zero-order chi connectivity index (χ0) is 19.3. The van der Waals surface area contributed by atoms with E-state index in [1.54, 1.807) is 12.1 Å². The number of nitrogens with zero attached hydrogens (tertiary/aromatic N) is 2. The highest BCUT2D eigenvalue weighted by atomic mass is 32.2. The van der Waals surface area contributed by atoms with Crippen LogP contribution in [0, 0.1) is 5.82 Å². The fourth-order valence-electron chi connectivity index (χ4n) is 2.82. The number of ketones is 1. The monoisotopic (exact) mass is 385 g/mol. The van der Waals surface area contributed by atoms with Crippen LogP contribution >= 0.6 is 0 Å². The van der Waals surface area contributed by atoms with E-state index in [2.05, 4.69) is 0 Å². The number of rotatable bonds is 8. The summed E-state index contributed by atoms with van der Waals surface area (Å²) in [5.74, 6) is -1.49. The molecule has 1 aromatic carbocycles. The van der Waals surface area contributed by atoms with E-state index in [4.69, 9.17) is 5.73 Å². The van der Waals surface area contributed by atoms with E-state index in [0.717, 1.165) is 0 Å². The van der Waals surface area contributed by atoms with Crippen LogP contribution in [0.4, 0.5) is 10.1 Å². The van der Waals surface area contributed by atoms with Crippen LogP contribution in [0.25, 0.3) is 0 Å². The van der Waals surface area contributed by atoms with Crippen molar-refractivity contribution >= 4 is 27.2 Å². The predicted octanol–water partition coefficient (Wildman–Crippen LogP) is 0.441. The number of anilines is 1. The van der Waals surface area contributed by atoms with Gasteiger partial charge in [-0.1, -0.05) is 0 Å². The maximum Gasteiger partial charge on any atom is 0.218 e. The number of carbonyl (C=O) groups is 2. The summed E-state index contributed by atoms with van der Waals surface area (Å²) in [7, 11) is -3.31. The number of benzene rings is 1. The summed E-state index contributed by atoms with van der Waals surface area (Å²) in [6, 6.07) is 4.46. The first kappa shape index (κ1) is 20.3. The standard InChI is InChI=1S/C17H24FN3O4S/c1-13(22)14-2-3-16(15(18)12-14)21-7-5-20(6-8-21)9-11-26(24,25)10-4-17(19)23/h2-3,12H,4-11H2,1H3,(H2,19,23). The van der Waals surface area contributed by atoms with Crippen LogP contribution in [0.2, 0.25) is 0 Å². The molecule has 0 aliphatic carbocycles. The molecule has 0 atom stereocenters. The molecule has 1 fully saturated rings. The summed E-state index contributed by atoms with van der Waals surface area (Å²) in [5, 5.41) is 0. The van der Waals surface area contributed by atoms with Gasteiger partial charge < -0.3 is 10.6 Å². The minimum atomic E-state index is -3.31. The van der Waals surface area contributed by atoms with Crippen LogP contribution in [0.15, 0.2) is 18.2 Å². The van der Waals surface area contributed by atoms with E-state index < -0.39 is 21.6 Å². The molecular formula is C17H24FN3O4S. The van der Waals surface area contributed by atoms with Crippen LogP contribution in [-0.2, 0) is 14.6 Å². The highest BCUT2D eigenvalue weighted by molar-refractivity contribution is 7.91. The Balaban J connectivity index is 1.86. The number of primary amides is 1. The van der Waals surface area contributed by atoms with E-state index in [9.17, 15) is 22.4 Å². The van der Waals surface area contributed by atoms with Crippen LogP contribution in [0.3, 0.4) is 0 Å². The second-order valence-corrected chi connectivity index (χ2v) is 8.72. The second-order valence-electron chi connectivity index (χ2n) is 6.42. The van der Waals surface area contributed by atoms with E-state index in [1.807, 2.05) is 9.80 Å². The molecule has 1 heterocycles. The lowest BCUT2D eigenvalue weighted by Gasteiger charge is -2.36. The highest BCUT2D eigenvalue weighted by Crippen LogP contribution is 2.22. The van der Waals surface area contributed by atoms with E-state index >= 15 is 0 Å². The summed E-state index contributed by atoms with van der Waals surface area (Å²) in [4.78, 5) is 25.9. The Morgan fingerprint density at radius 3 is 2.35 bits per heavy atom. The van der Waals surface area contributed by atoms with Crippen LogP contribution < -0.4 is 10.6 Å². The maximum absolute atomic E-state index is 14.2. The number of sulfone groups is 1. The Morgan fingerprint density at radius 2 is 1.81 bits per heavy atom. The summed E-state index contributed by atoms with van der Waals surface area (Å²) < 4.78 is 38.0. The zero-order valence-electron chi connectivity index (χ0n) is 14.8. The summed E-state index contributed by atoms with van der Waals surface area (Å²) in [6.07, 6.45) is -0.161. The quantitative estimate of drug-likeness (QED) is 0.652. The molecule has 7 nitrogen and oxygen atoms in total. The molecular weight excluding hydrogens is 361 g/mol. The van der Waals surface area contributed by atoms with E-state index in [0.29, 0.717) is 44.0 Å². The fraction of sp³-hybridized carbons (Fsp3) is 0.529. The predicted molar refractivity (Wildman–Crippen MR) is 97.5 cm³/mol. The number of hydrogen-bond acceptors (Lipinski definition) is 6. The molecule has 0 aromatic heterocycles. The Hall–Kier alpha value is -2.00. The van der Waals surface area contributed by atoms with Gasteiger partial charge >= 0.3 is 0 Å². The third kappa shape index (κ3) is 5.77. The van der Waals surface area contributed by atoms with Gasteiger partial charge in [-0.25, -0.2) is 12.8 Å². The number of halogens is 1. The molecule has 1 aliphatic rings. The van der Waals surface area contributed by atoms with Crippen molar-refractivity contribution < 1.29 is 22.4 Å². The Bertz CT molecular complexity index is 774. The molecule has 2 N–H and O–H groups in total. The molecule has 2 rings (SSSR count). The molecule has 0 bridgehead atoms. The van der Waals surface area contributed by atoms with Crippen molar-refractivity contribution in [2.75, 3.05) is 49.1 Å². The SMILES string of the molecule is CC(=O)c1ccc(N2CCN(CCS(=O)(=O)CCC(N)=O)CC2)c(F)c1. The van der Waals surface area contributed by atoms with Crippen LogP contribution in [0.1, 0.15) is 23.7 Å². The Kier molecular flexibility index (Phi) is 6.71. The van der Waals surface area contributed by atoms with Gasteiger partial charge in [0.05, 0.1) is 17.2 Å². The number of piperazine rings is 1. The molecule has 0 unspecified atom stereocenters. The highest BCUT2D eigenvalue weighted by Gasteiger charge is 2.22. The zero-order valence-corrected chi connectivity index (χ0v) is 15.6. The number of amides is 1. The summed E-state index contributed by atoms with van der Waals surface area (Å²) >= 11 is 0. The van der Waals surface area contributed by atoms with Gasteiger partial charge in [0.2, 0.25) is 5.91 Å². The lowest BCUT2D eigenvalue weighted by atomic mass is 10.1. The Labute approximate surface area is 152 Å². The van der Waals surface area contributed by atoms with Gasteiger partial charge in [0, 0.05) is 44.7 Å². The molecule has 144 valence electrons. The molecule has 26 heavy (non-hydrogen) atoms. The molecule has 9 heteroatoms. The van der Waals surface area contributed by atoms with Gasteiger partial charge in [0.15, 0.2) is 15.6 Å². The van der Waals surface area contributed by atoms with Gasteiger partial charge in [-0.3, -0.25) is 14.5 Å². The van der Waals surface area contributed by atoms with Crippen molar-refractivity contribution in [1.82, 2.24) is 4.90 Å². The Morgan fingerprint density at radius 1 is 1.15 bits per heavy atom. The van der Waals surface area contributed by atoms with Crippen molar-refractivity contribution in [2.24, 2.45) is 5.73 Å². The minimum Gasteiger partial charge on any atom is -0.370 e. The van der Waals surface area contributed by atoms with E-state index in [-0.39, 0.29) is 23.7 Å². The molecule has 1 saturated heterocycles. The number of carbonyl (C=O) groups excluding carboxylic acids is 2. The average Bonchev–Trinajstić information content (AvgIpc) is 2.59. The van der Waals surface area contributed by atoms with Crippen molar-refractivity contribution in [1.29, 1.82) is 0 Å². The first-order valence-electron chi connectivity index (χ1n) is 8.44. The van der Waals surface area contributed by atoms with Crippen molar-refractivity contribution in [3.8, 4) is 0 Å². The van der Waals surface area contributed by atoms with Crippen LogP contribution in [0.5, 0.6) is 0 Å². The van der Waals surface area contributed by atoms with Crippen molar-refractivity contribution in [3.63, 3.8) is 0 Å². The average molecular weight is 385 g/mol. The number of Topliss-reactive ketones (excluding diaryl/α,β-unsaturated/α-hetero) is 1. The van der Waals surface area contributed by atoms with Gasteiger partial charge in [-0.05, 0) is 25.1 Å². The first-order chi connectivity index (χ1) is 12.2. The van der Waals surface area contributed by atoms with Gasteiger partial charge in [0.1, 0.15) is 5.82 Å². The molecule has 1 aromatic rings. The molecule has 0 spiro atoms. The normalized spacial score (nSPS) is 15.8. The third-order valence-electron chi connectivity index (χ3n) is 4.45. The molecule has 1 aliphatic heterocycles.